The van der Waals surface area contributed by atoms with Gasteiger partial charge in [0.15, 0.2) is 5.69 Å². The minimum absolute atomic E-state index is 0.0209. The molecule has 0 aliphatic carbocycles. The second kappa shape index (κ2) is 8.94. The van der Waals surface area contributed by atoms with E-state index in [4.69, 9.17) is 5.73 Å². The van der Waals surface area contributed by atoms with Crippen molar-refractivity contribution in [2.75, 3.05) is 18.8 Å². The number of nitrogens with zero attached hydrogens (tertiary/aromatic N) is 7. The number of hydrogen-bond donors (Lipinski definition) is 2. The third-order valence-corrected chi connectivity index (χ3v) is 6.20. The van der Waals surface area contributed by atoms with E-state index in [1.165, 1.54) is 16.0 Å². The van der Waals surface area contributed by atoms with Crippen LogP contribution in [0.3, 0.4) is 0 Å². The smallest absolute Gasteiger partial charge is 0.292 e. The average molecular weight is 444 g/mol. The lowest BCUT2D eigenvalue weighted by Crippen LogP contribution is -2.31. The van der Waals surface area contributed by atoms with Gasteiger partial charge in [-0.05, 0) is 63.1 Å². The number of nitrogen functional groups attached to an aromatic ring is 1. The Bertz CT molecular complexity index is 1110. The molecule has 4 rings (SSSR count). The summed E-state index contributed by atoms with van der Waals surface area (Å²) in [5.41, 5.74) is 10.9. The van der Waals surface area contributed by atoms with Crippen LogP contribution in [0, 0.1) is 13.8 Å². The number of carbonyl (C=O) groups is 1. The minimum Gasteiger partial charge on any atom is -0.378 e. The van der Waals surface area contributed by atoms with E-state index in [1.807, 2.05) is 20.8 Å². The first-order chi connectivity index (χ1) is 14.9. The zero-order valence-electron chi connectivity index (χ0n) is 17.8. The number of hydrogen-bond acceptors (Lipinski definition) is 10. The first-order valence-corrected chi connectivity index (χ1v) is 10.9. The summed E-state index contributed by atoms with van der Waals surface area (Å²) >= 11 is 1.69. The summed E-state index contributed by atoms with van der Waals surface area (Å²) in [7, 11) is 0. The summed E-state index contributed by atoms with van der Waals surface area (Å²) < 4.78 is 5.94. The quantitative estimate of drug-likeness (QED) is 0.436. The Kier molecular flexibility index (Phi) is 6.09. The van der Waals surface area contributed by atoms with Crippen molar-refractivity contribution < 1.29 is 9.42 Å². The highest BCUT2D eigenvalue weighted by atomic mass is 32.1. The fourth-order valence-corrected chi connectivity index (χ4v) is 4.68. The molecular formula is C19H25N9O2S. The fourth-order valence-electron chi connectivity index (χ4n) is 3.70. The molecule has 0 spiro atoms. The van der Waals surface area contributed by atoms with Crippen molar-refractivity contribution in [3.63, 3.8) is 0 Å². The molecule has 0 bridgehead atoms. The van der Waals surface area contributed by atoms with E-state index in [9.17, 15) is 4.79 Å². The van der Waals surface area contributed by atoms with Crippen molar-refractivity contribution in [2.45, 2.75) is 46.6 Å². The van der Waals surface area contributed by atoms with E-state index in [-0.39, 0.29) is 17.3 Å². The average Bonchev–Trinajstić information content (AvgIpc) is 3.45. The molecule has 164 valence electrons. The molecule has 1 fully saturated rings. The lowest BCUT2D eigenvalue weighted by atomic mass is 10.1. The SMILES string of the molecule is C/C(=N/NC(=O)c1c(CN2CCCCC2)nnn1-c1nonc1N)c1cc(C)sc1C. The van der Waals surface area contributed by atoms with Gasteiger partial charge in [0.25, 0.3) is 5.91 Å². The van der Waals surface area contributed by atoms with Gasteiger partial charge in [-0.25, -0.2) is 10.1 Å². The first kappa shape index (κ1) is 21.1. The molecule has 1 aliphatic heterocycles. The molecule has 0 unspecified atom stereocenters. The second-order valence-electron chi connectivity index (χ2n) is 7.57. The lowest BCUT2D eigenvalue weighted by Gasteiger charge is -2.25. The minimum atomic E-state index is -0.455. The number of likely N-dealkylation sites (tertiary alicyclic amines) is 1. The normalized spacial score (nSPS) is 15.4. The van der Waals surface area contributed by atoms with Crippen molar-refractivity contribution in [3.8, 4) is 5.82 Å². The molecule has 12 heteroatoms. The summed E-state index contributed by atoms with van der Waals surface area (Å²) in [6.45, 7) is 8.34. The number of aryl methyl sites for hydroxylation is 2. The third-order valence-electron chi connectivity index (χ3n) is 5.23. The molecule has 11 nitrogen and oxygen atoms in total. The molecule has 0 atom stereocenters. The van der Waals surface area contributed by atoms with Crippen molar-refractivity contribution in [3.05, 3.63) is 32.8 Å². The standard InChI is InChI=1S/C19H25N9O2S/c1-11-9-14(13(3)31-11)12(2)21-23-19(29)16-15(10-27-7-5-4-6-8-27)22-26-28(16)18-17(20)24-30-25-18/h9H,4-8,10H2,1-3H3,(H2,20,24)(H,23,29)/b21-12-. The van der Waals surface area contributed by atoms with E-state index in [1.54, 1.807) is 11.3 Å². The summed E-state index contributed by atoms with van der Waals surface area (Å²) in [4.78, 5) is 17.8. The van der Waals surface area contributed by atoms with Gasteiger partial charge < -0.3 is 5.73 Å². The van der Waals surface area contributed by atoms with Gasteiger partial charge in [0.2, 0.25) is 11.6 Å². The Hall–Kier alpha value is -3.12. The van der Waals surface area contributed by atoms with Crippen molar-refractivity contribution in [1.82, 2.24) is 35.6 Å². The maximum Gasteiger partial charge on any atom is 0.292 e. The molecule has 0 radical (unpaired) electrons. The number of carbonyl (C=O) groups excluding carboxylic acids is 1. The number of aromatic nitrogens is 5. The van der Waals surface area contributed by atoms with Crippen LogP contribution >= 0.6 is 11.3 Å². The predicted octanol–water partition coefficient (Wildman–Crippen LogP) is 2.05. The largest absolute Gasteiger partial charge is 0.378 e. The molecule has 4 heterocycles. The van der Waals surface area contributed by atoms with Crippen LogP contribution in [-0.4, -0.2) is 54.9 Å². The van der Waals surface area contributed by atoms with Gasteiger partial charge in [-0.15, -0.1) is 16.4 Å². The molecule has 3 aromatic heterocycles. The van der Waals surface area contributed by atoms with Crippen molar-refractivity contribution in [1.29, 1.82) is 0 Å². The number of nitrogens with two attached hydrogens (primary N) is 1. The van der Waals surface area contributed by atoms with Gasteiger partial charge in [-0.3, -0.25) is 9.69 Å². The van der Waals surface area contributed by atoms with E-state index in [0.29, 0.717) is 12.2 Å². The zero-order valence-corrected chi connectivity index (χ0v) is 18.6. The zero-order chi connectivity index (χ0) is 22.0. The van der Waals surface area contributed by atoms with E-state index in [2.05, 4.69) is 46.7 Å². The fraction of sp³-hybridized carbons (Fsp3) is 0.474. The van der Waals surface area contributed by atoms with Crippen LogP contribution in [0.25, 0.3) is 5.82 Å². The van der Waals surface area contributed by atoms with Crippen molar-refractivity contribution >= 4 is 28.8 Å². The van der Waals surface area contributed by atoms with Crippen LogP contribution < -0.4 is 11.2 Å². The molecule has 1 amide bonds. The molecular weight excluding hydrogens is 418 g/mol. The molecule has 31 heavy (non-hydrogen) atoms. The van der Waals surface area contributed by atoms with Gasteiger partial charge in [-0.1, -0.05) is 11.6 Å². The number of thiophene rings is 1. The van der Waals surface area contributed by atoms with Gasteiger partial charge >= 0.3 is 0 Å². The van der Waals surface area contributed by atoms with Crippen LogP contribution in [0.2, 0.25) is 0 Å². The van der Waals surface area contributed by atoms with Crippen molar-refractivity contribution in [2.24, 2.45) is 5.10 Å². The highest BCUT2D eigenvalue weighted by Crippen LogP contribution is 2.22. The van der Waals surface area contributed by atoms with Gasteiger partial charge in [0.05, 0.1) is 5.71 Å². The highest BCUT2D eigenvalue weighted by molar-refractivity contribution is 7.12. The molecule has 1 saturated heterocycles. The van der Waals surface area contributed by atoms with Crippen LogP contribution in [0.4, 0.5) is 5.82 Å². The second-order valence-corrected chi connectivity index (χ2v) is 9.03. The van der Waals surface area contributed by atoms with Gasteiger partial charge in [-0.2, -0.15) is 9.78 Å². The Labute approximate surface area is 183 Å². The summed E-state index contributed by atoms with van der Waals surface area (Å²) in [5.74, 6) is -0.316. The number of nitrogens with one attached hydrogen (secondary N) is 1. The van der Waals surface area contributed by atoms with Crippen LogP contribution in [0.1, 0.15) is 57.7 Å². The van der Waals surface area contributed by atoms with Gasteiger partial charge in [0.1, 0.15) is 5.69 Å². The number of amides is 1. The lowest BCUT2D eigenvalue weighted by molar-refractivity contribution is 0.0944. The van der Waals surface area contributed by atoms with E-state index < -0.39 is 5.91 Å². The van der Waals surface area contributed by atoms with E-state index >= 15 is 0 Å². The first-order valence-electron chi connectivity index (χ1n) is 10.1. The maximum absolute atomic E-state index is 13.2. The highest BCUT2D eigenvalue weighted by Gasteiger charge is 2.26. The number of piperidine rings is 1. The molecule has 0 aromatic carbocycles. The molecule has 0 saturated carbocycles. The monoisotopic (exact) mass is 443 g/mol. The summed E-state index contributed by atoms with van der Waals surface area (Å²) in [5, 5.41) is 20.0. The van der Waals surface area contributed by atoms with E-state index in [0.717, 1.165) is 42.1 Å². The Morgan fingerprint density at radius 3 is 2.71 bits per heavy atom. The van der Waals surface area contributed by atoms with Gasteiger partial charge in [0, 0.05) is 21.9 Å². The number of rotatable bonds is 6. The third kappa shape index (κ3) is 4.49. The van der Waals surface area contributed by atoms with Crippen LogP contribution in [0.15, 0.2) is 15.8 Å². The molecule has 1 aliphatic rings. The Balaban J connectivity index is 1.63. The summed E-state index contributed by atoms with van der Waals surface area (Å²) in [6, 6.07) is 2.06. The maximum atomic E-state index is 13.2. The predicted molar refractivity (Wildman–Crippen MR) is 116 cm³/mol. The summed E-state index contributed by atoms with van der Waals surface area (Å²) in [6.07, 6.45) is 3.46. The Morgan fingerprint density at radius 2 is 2.06 bits per heavy atom. The Morgan fingerprint density at radius 1 is 1.29 bits per heavy atom. The van der Waals surface area contributed by atoms with Crippen LogP contribution in [0.5, 0.6) is 0 Å². The molecule has 3 aromatic rings. The number of anilines is 1. The molecule has 3 N–H and O–H groups in total. The number of hydrazone groups is 1. The topological polar surface area (TPSA) is 140 Å². The van der Waals surface area contributed by atoms with Crippen LogP contribution in [-0.2, 0) is 6.54 Å².